The maximum absolute atomic E-state index is 12.3. The average Bonchev–Trinajstić information content (AvgIpc) is 3.25. The molecule has 0 fully saturated rings. The molecule has 0 aliphatic heterocycles. The Labute approximate surface area is 154 Å². The van der Waals surface area contributed by atoms with Crippen LogP contribution in [0.3, 0.4) is 0 Å². The number of aryl methyl sites for hydroxylation is 1. The minimum absolute atomic E-state index is 0.124. The van der Waals surface area contributed by atoms with Crippen molar-refractivity contribution in [2.75, 3.05) is 11.9 Å². The fraction of sp³-hybridized carbons (Fsp3) is 0.188. The second kappa shape index (κ2) is 7.77. The molecule has 0 spiro atoms. The number of carbonyl (C=O) groups is 1. The number of rotatable bonds is 7. The van der Waals surface area contributed by atoms with Gasteiger partial charge in [-0.15, -0.1) is 10.2 Å². The number of furan rings is 1. The number of aromatic nitrogens is 2. The van der Waals surface area contributed by atoms with E-state index in [4.69, 9.17) is 4.42 Å². The van der Waals surface area contributed by atoms with Gasteiger partial charge in [0.1, 0.15) is 5.01 Å². The van der Waals surface area contributed by atoms with E-state index in [9.17, 15) is 13.2 Å². The zero-order valence-electron chi connectivity index (χ0n) is 13.8. The van der Waals surface area contributed by atoms with Crippen molar-refractivity contribution < 1.29 is 17.6 Å². The van der Waals surface area contributed by atoms with E-state index in [1.807, 2.05) is 30.3 Å². The van der Waals surface area contributed by atoms with Crippen molar-refractivity contribution in [3.8, 4) is 0 Å². The Morgan fingerprint density at radius 1 is 1.15 bits per heavy atom. The predicted molar refractivity (Wildman–Crippen MR) is 96.6 cm³/mol. The Morgan fingerprint density at radius 2 is 1.92 bits per heavy atom. The zero-order valence-corrected chi connectivity index (χ0v) is 15.4. The maximum atomic E-state index is 12.3. The predicted octanol–water partition coefficient (Wildman–Crippen LogP) is 2.21. The number of anilines is 1. The molecular weight excluding hydrogens is 376 g/mol. The molecule has 0 aliphatic carbocycles. The molecule has 3 rings (SSSR count). The van der Waals surface area contributed by atoms with Crippen molar-refractivity contribution >= 4 is 32.4 Å². The fourth-order valence-corrected chi connectivity index (χ4v) is 3.68. The van der Waals surface area contributed by atoms with E-state index >= 15 is 0 Å². The van der Waals surface area contributed by atoms with Gasteiger partial charge in [0.05, 0.1) is 0 Å². The third-order valence-electron chi connectivity index (χ3n) is 3.37. The number of hydrogen-bond acceptors (Lipinski definition) is 7. The van der Waals surface area contributed by atoms with Gasteiger partial charge in [-0.2, -0.15) is 0 Å². The lowest BCUT2D eigenvalue weighted by Gasteiger charge is -2.04. The number of nitrogens with one attached hydrogen (secondary N) is 2. The normalized spacial score (nSPS) is 11.4. The van der Waals surface area contributed by atoms with Crippen molar-refractivity contribution in [3.05, 3.63) is 58.8 Å². The summed E-state index contributed by atoms with van der Waals surface area (Å²) in [5, 5.41) is 10.8. The molecule has 1 aromatic carbocycles. The number of carbonyl (C=O) groups excluding carboxylic acids is 1. The molecule has 0 saturated carbocycles. The highest BCUT2D eigenvalue weighted by molar-refractivity contribution is 7.89. The third kappa shape index (κ3) is 4.54. The van der Waals surface area contributed by atoms with Crippen molar-refractivity contribution in [1.29, 1.82) is 0 Å². The van der Waals surface area contributed by atoms with E-state index in [1.165, 1.54) is 23.5 Å². The first kappa shape index (κ1) is 18.2. The van der Waals surface area contributed by atoms with E-state index in [-0.39, 0.29) is 17.4 Å². The molecule has 0 atom stereocenters. The van der Waals surface area contributed by atoms with Crippen LogP contribution >= 0.6 is 11.3 Å². The van der Waals surface area contributed by atoms with Crippen LogP contribution in [0, 0.1) is 6.92 Å². The molecule has 136 valence electrons. The molecule has 0 aliphatic rings. The molecule has 8 nitrogen and oxygen atoms in total. The third-order valence-corrected chi connectivity index (χ3v) is 5.45. The highest BCUT2D eigenvalue weighted by Crippen LogP contribution is 2.18. The first-order chi connectivity index (χ1) is 12.4. The molecule has 2 N–H and O–H groups in total. The van der Waals surface area contributed by atoms with Crippen LogP contribution in [-0.2, 0) is 16.4 Å². The van der Waals surface area contributed by atoms with Crippen molar-refractivity contribution in [2.45, 2.75) is 18.4 Å². The Kier molecular flexibility index (Phi) is 5.45. The molecule has 1 amide bonds. The SMILES string of the molecule is Cc1nnc(NC(=O)c2ccc(S(=O)(=O)NCCc3ccccc3)o2)s1. The van der Waals surface area contributed by atoms with Crippen LogP contribution in [0.2, 0.25) is 0 Å². The molecule has 0 radical (unpaired) electrons. The summed E-state index contributed by atoms with van der Waals surface area (Å²) < 4.78 is 32.2. The molecule has 0 saturated heterocycles. The lowest BCUT2D eigenvalue weighted by Crippen LogP contribution is -2.25. The molecule has 2 heterocycles. The van der Waals surface area contributed by atoms with E-state index in [1.54, 1.807) is 6.92 Å². The Morgan fingerprint density at radius 3 is 2.62 bits per heavy atom. The van der Waals surface area contributed by atoms with Gasteiger partial charge >= 0.3 is 0 Å². The summed E-state index contributed by atoms with van der Waals surface area (Å²) in [6.45, 7) is 1.98. The summed E-state index contributed by atoms with van der Waals surface area (Å²) in [6.07, 6.45) is 0.546. The van der Waals surface area contributed by atoms with Crippen LogP contribution in [0.5, 0.6) is 0 Å². The molecule has 3 aromatic rings. The van der Waals surface area contributed by atoms with Crippen LogP contribution in [0.4, 0.5) is 5.13 Å². The Hall–Kier alpha value is -2.56. The highest BCUT2D eigenvalue weighted by atomic mass is 32.2. The van der Waals surface area contributed by atoms with Gasteiger partial charge in [0.15, 0.2) is 5.76 Å². The molecular formula is C16H16N4O4S2. The Bertz CT molecular complexity index is 996. The van der Waals surface area contributed by atoms with Gasteiger partial charge in [0, 0.05) is 6.54 Å². The number of amides is 1. The fourth-order valence-electron chi connectivity index (χ4n) is 2.14. The molecule has 2 aromatic heterocycles. The summed E-state index contributed by atoms with van der Waals surface area (Å²) in [7, 11) is -3.83. The maximum Gasteiger partial charge on any atom is 0.293 e. The monoisotopic (exact) mass is 392 g/mol. The standard InChI is InChI=1S/C16H16N4O4S2/c1-11-19-20-16(25-11)18-15(21)13-7-8-14(24-13)26(22,23)17-10-9-12-5-3-2-4-6-12/h2-8,17H,9-10H2,1H3,(H,18,20,21). The minimum Gasteiger partial charge on any atom is -0.438 e. The number of hydrogen-bond donors (Lipinski definition) is 2. The van der Waals surface area contributed by atoms with Crippen molar-refractivity contribution in [3.63, 3.8) is 0 Å². The Balaban J connectivity index is 1.61. The summed E-state index contributed by atoms with van der Waals surface area (Å²) >= 11 is 1.21. The van der Waals surface area contributed by atoms with Crippen LogP contribution < -0.4 is 10.0 Å². The van der Waals surface area contributed by atoms with Gasteiger partial charge in [-0.1, -0.05) is 41.7 Å². The number of sulfonamides is 1. The van der Waals surface area contributed by atoms with Gasteiger partial charge in [-0.25, -0.2) is 13.1 Å². The second-order valence-corrected chi connectivity index (χ2v) is 8.21. The molecule has 26 heavy (non-hydrogen) atoms. The van der Waals surface area contributed by atoms with E-state index in [0.717, 1.165) is 5.56 Å². The molecule has 10 heteroatoms. The van der Waals surface area contributed by atoms with Crippen LogP contribution in [0.1, 0.15) is 21.1 Å². The van der Waals surface area contributed by atoms with Crippen molar-refractivity contribution in [1.82, 2.24) is 14.9 Å². The minimum atomic E-state index is -3.83. The first-order valence-electron chi connectivity index (χ1n) is 7.69. The average molecular weight is 392 g/mol. The summed E-state index contributed by atoms with van der Waals surface area (Å²) in [5.74, 6) is -0.715. The number of benzene rings is 1. The quantitative estimate of drug-likeness (QED) is 0.637. The summed E-state index contributed by atoms with van der Waals surface area (Å²) in [5.41, 5.74) is 1.02. The van der Waals surface area contributed by atoms with Crippen molar-refractivity contribution in [2.24, 2.45) is 0 Å². The van der Waals surface area contributed by atoms with Crippen LogP contribution in [-0.4, -0.2) is 31.1 Å². The molecule has 0 unspecified atom stereocenters. The van der Waals surface area contributed by atoms with Crippen LogP contribution in [0.25, 0.3) is 0 Å². The van der Waals surface area contributed by atoms with E-state index < -0.39 is 15.9 Å². The van der Waals surface area contributed by atoms with Gasteiger partial charge < -0.3 is 4.42 Å². The molecule has 0 bridgehead atoms. The number of nitrogens with zero attached hydrogens (tertiary/aromatic N) is 2. The largest absolute Gasteiger partial charge is 0.438 e. The van der Waals surface area contributed by atoms with Crippen LogP contribution in [0.15, 0.2) is 52.0 Å². The lowest BCUT2D eigenvalue weighted by atomic mass is 10.2. The second-order valence-electron chi connectivity index (χ2n) is 5.33. The van der Waals surface area contributed by atoms with Gasteiger partial charge in [-0.3, -0.25) is 10.1 Å². The van der Waals surface area contributed by atoms with Gasteiger partial charge in [0.2, 0.25) is 10.2 Å². The zero-order chi connectivity index (χ0) is 18.6. The summed E-state index contributed by atoms with van der Waals surface area (Å²) in [6, 6.07) is 12.0. The summed E-state index contributed by atoms with van der Waals surface area (Å²) in [4.78, 5) is 12.1. The topological polar surface area (TPSA) is 114 Å². The van der Waals surface area contributed by atoms with Gasteiger partial charge in [-0.05, 0) is 31.0 Å². The lowest BCUT2D eigenvalue weighted by molar-refractivity contribution is 0.0991. The van der Waals surface area contributed by atoms with Gasteiger partial charge in [0.25, 0.3) is 15.9 Å². The van der Waals surface area contributed by atoms with E-state index in [0.29, 0.717) is 16.6 Å². The smallest absolute Gasteiger partial charge is 0.293 e. The highest BCUT2D eigenvalue weighted by Gasteiger charge is 2.21. The first-order valence-corrected chi connectivity index (χ1v) is 9.99. The van der Waals surface area contributed by atoms with E-state index in [2.05, 4.69) is 20.2 Å².